The van der Waals surface area contributed by atoms with Gasteiger partial charge in [-0.1, -0.05) is 0 Å². The third kappa shape index (κ3) is 75.5. The highest BCUT2D eigenvalue weighted by Crippen LogP contribution is 2.12. The van der Waals surface area contributed by atoms with Crippen LogP contribution in [0.15, 0.2) is 0 Å². The van der Waals surface area contributed by atoms with E-state index in [1.807, 2.05) is 0 Å². The van der Waals surface area contributed by atoms with E-state index in [0.29, 0.717) is 34.5 Å². The van der Waals surface area contributed by atoms with Gasteiger partial charge < -0.3 is 71.5 Å². The topological polar surface area (TPSA) is 386 Å². The smallest absolute Gasteiger partial charge is 0.304 e. The Hall–Kier alpha value is -1.40. The molecule has 0 aliphatic carbocycles. The van der Waals surface area contributed by atoms with Gasteiger partial charge in [-0.05, 0) is 0 Å². The monoisotopic (exact) mass is 908 g/mol. The minimum Gasteiger partial charge on any atom is -0.481 e. The van der Waals surface area contributed by atoms with Crippen molar-refractivity contribution in [3.8, 4) is 0 Å². The van der Waals surface area contributed by atoms with Gasteiger partial charge in [-0.3, -0.25) is 28.8 Å². The number of carbonyl (C=O) groups is 6. The summed E-state index contributed by atoms with van der Waals surface area (Å²) in [5.74, 6) is -2.17. The van der Waals surface area contributed by atoms with E-state index in [0.717, 1.165) is 0 Å². The molecule has 54 heavy (non-hydrogen) atoms. The molecule has 0 spiro atoms. The van der Waals surface area contributed by atoms with Crippen LogP contribution in [-0.2, 0) is 28.8 Å². The first-order chi connectivity index (χ1) is 25.1. The molecule has 0 aliphatic heterocycles. The summed E-state index contributed by atoms with van der Waals surface area (Å²) >= 11 is 22.1. The molecule has 20 nitrogen and oxygen atoms in total. The molecule has 0 atom stereocenters. The fourth-order valence-corrected chi connectivity index (χ4v) is 2.32. The summed E-state index contributed by atoms with van der Waals surface area (Å²) in [5.41, 5.74) is -2.22. The van der Waals surface area contributed by atoms with Crippen LogP contribution in [0.2, 0.25) is 0 Å². The molecule has 0 heterocycles. The van der Waals surface area contributed by atoms with Crippen LogP contribution in [0, 0.1) is 10.8 Å². The van der Waals surface area contributed by atoms with Crippen molar-refractivity contribution in [2.24, 2.45) is 10.8 Å². The SMILES string of the molecule is O=C(O)CCS.O=C(O)CCS.O=C(O)CCS.O=C(O)CCS.O=C(O)CCS.O=C(O)CCS.OCC(CO)(CO)CO.OCC(CO)(CO)CO. The first-order valence-corrected chi connectivity index (χ1v) is 18.7. The highest BCUT2D eigenvalue weighted by Gasteiger charge is 2.27. The van der Waals surface area contributed by atoms with Gasteiger partial charge in [0.25, 0.3) is 0 Å². The lowest BCUT2D eigenvalue weighted by Gasteiger charge is -2.23. The Labute approximate surface area is 347 Å². The molecule has 0 aliphatic rings. The van der Waals surface area contributed by atoms with Crippen LogP contribution >= 0.6 is 75.8 Å². The predicted octanol–water partition coefficient (Wildman–Crippen LogP) is -1.77. The summed E-state index contributed by atoms with van der Waals surface area (Å²) in [6, 6.07) is 0. The number of aliphatic hydroxyl groups excluding tert-OH is 8. The van der Waals surface area contributed by atoms with Gasteiger partial charge in [-0.2, -0.15) is 75.8 Å². The second kappa shape index (κ2) is 55.9. The second-order valence-electron chi connectivity index (χ2n) is 9.47. The second-order valence-corrected chi connectivity index (χ2v) is 12.2. The van der Waals surface area contributed by atoms with Crippen molar-refractivity contribution in [3.05, 3.63) is 0 Å². The molecule has 0 bridgehead atoms. The highest BCUT2D eigenvalue weighted by atomic mass is 32.1. The van der Waals surface area contributed by atoms with E-state index < -0.39 is 99.5 Å². The molecule has 0 saturated carbocycles. The van der Waals surface area contributed by atoms with Gasteiger partial charge in [0.15, 0.2) is 0 Å². The zero-order valence-corrected chi connectivity index (χ0v) is 34.9. The molecule has 26 heteroatoms. The largest absolute Gasteiger partial charge is 0.481 e. The molecule has 0 aromatic heterocycles. The van der Waals surface area contributed by atoms with Gasteiger partial charge in [-0.25, -0.2) is 0 Å². The van der Waals surface area contributed by atoms with E-state index in [9.17, 15) is 28.8 Å². The number of aliphatic carboxylic acids is 6. The van der Waals surface area contributed by atoms with Gasteiger partial charge in [0, 0.05) is 34.5 Å². The summed E-state index contributed by atoms with van der Waals surface area (Å²) in [6.07, 6.45) is 0.935. The van der Waals surface area contributed by atoms with Crippen molar-refractivity contribution >= 4 is 112 Å². The van der Waals surface area contributed by atoms with Gasteiger partial charge in [0.1, 0.15) is 0 Å². The number of hydrogen-bond donors (Lipinski definition) is 20. The number of thiol groups is 6. The summed E-state index contributed by atoms with van der Waals surface area (Å²) in [4.78, 5) is 57.3. The number of hydrogen-bond acceptors (Lipinski definition) is 20. The van der Waals surface area contributed by atoms with E-state index in [2.05, 4.69) is 75.8 Å². The lowest BCUT2D eigenvalue weighted by molar-refractivity contribution is -0.137. The first kappa shape index (κ1) is 70.4. The summed E-state index contributed by atoms with van der Waals surface area (Å²) in [7, 11) is 0. The van der Waals surface area contributed by atoms with Crippen molar-refractivity contribution in [2.75, 3.05) is 87.4 Å². The molecule has 0 fully saturated rings. The molecule has 0 rings (SSSR count). The highest BCUT2D eigenvalue weighted by molar-refractivity contribution is 7.81. The predicted molar refractivity (Wildman–Crippen MR) is 218 cm³/mol. The molecule has 0 unspecified atom stereocenters. The van der Waals surface area contributed by atoms with Crippen molar-refractivity contribution in [1.82, 2.24) is 0 Å². The van der Waals surface area contributed by atoms with Crippen LogP contribution in [0.25, 0.3) is 0 Å². The maximum atomic E-state index is 9.55. The molecule has 0 aromatic carbocycles. The van der Waals surface area contributed by atoms with Crippen LogP contribution in [0.3, 0.4) is 0 Å². The lowest BCUT2D eigenvalue weighted by Crippen LogP contribution is -2.37. The average Bonchev–Trinajstić information content (AvgIpc) is 3.09. The zero-order chi connectivity index (χ0) is 44.6. The number of carboxylic acids is 6. The fraction of sp³-hybridized carbons (Fsp3) is 0.786. The van der Waals surface area contributed by atoms with E-state index in [1.165, 1.54) is 0 Å². The first-order valence-electron chi connectivity index (χ1n) is 14.9. The van der Waals surface area contributed by atoms with Gasteiger partial charge in [-0.15, -0.1) is 0 Å². The van der Waals surface area contributed by atoms with Crippen molar-refractivity contribution < 1.29 is 100 Å². The molecule has 0 amide bonds. The van der Waals surface area contributed by atoms with Crippen LogP contribution in [-0.4, -0.2) is 195 Å². The maximum Gasteiger partial charge on any atom is 0.304 e. The van der Waals surface area contributed by atoms with Crippen molar-refractivity contribution in [3.63, 3.8) is 0 Å². The summed E-state index contributed by atoms with van der Waals surface area (Å²) in [6.45, 7) is -3.25. The number of aliphatic hydroxyl groups is 8. The van der Waals surface area contributed by atoms with E-state index in [4.69, 9.17) is 71.5 Å². The Balaban J connectivity index is -0.0000000752. The van der Waals surface area contributed by atoms with Crippen LogP contribution < -0.4 is 0 Å². The van der Waals surface area contributed by atoms with Crippen molar-refractivity contribution in [1.29, 1.82) is 0 Å². The molecular formula is C28H60O20S6. The van der Waals surface area contributed by atoms with E-state index in [-0.39, 0.29) is 38.5 Å². The Kier molecular flexibility index (Phi) is 72.9. The normalized spacial score (nSPS) is 9.44. The Morgan fingerprint density at radius 2 is 0.370 bits per heavy atom. The average molecular weight is 909 g/mol. The zero-order valence-electron chi connectivity index (χ0n) is 29.5. The minimum absolute atomic E-state index is 0.156. The molecule has 0 saturated heterocycles. The Morgan fingerprint density at radius 3 is 0.370 bits per heavy atom. The molecule has 328 valence electrons. The van der Waals surface area contributed by atoms with E-state index in [1.54, 1.807) is 0 Å². The third-order valence-electron chi connectivity index (χ3n) is 4.64. The Bertz CT molecular complexity index is 687. The van der Waals surface area contributed by atoms with Crippen LogP contribution in [0.4, 0.5) is 0 Å². The van der Waals surface area contributed by atoms with Gasteiger partial charge in [0.2, 0.25) is 0 Å². The maximum absolute atomic E-state index is 9.55. The van der Waals surface area contributed by atoms with E-state index >= 15 is 0 Å². The Morgan fingerprint density at radius 1 is 0.278 bits per heavy atom. The third-order valence-corrected chi connectivity index (χ3v) is 5.98. The molecule has 14 N–H and O–H groups in total. The molecule has 0 aromatic rings. The van der Waals surface area contributed by atoms with Gasteiger partial charge in [0.05, 0.1) is 102 Å². The molecular weight excluding hydrogens is 849 g/mol. The number of rotatable bonds is 20. The number of carboxylic acid groups (broad SMARTS) is 6. The fourth-order valence-electron chi connectivity index (χ4n) is 1.17. The van der Waals surface area contributed by atoms with Crippen LogP contribution in [0.5, 0.6) is 0 Å². The summed E-state index contributed by atoms with van der Waals surface area (Å²) in [5, 5.41) is 115. The van der Waals surface area contributed by atoms with Gasteiger partial charge >= 0.3 is 35.8 Å². The molecule has 0 radical (unpaired) electrons. The minimum atomic E-state index is -1.11. The van der Waals surface area contributed by atoms with Crippen LogP contribution in [0.1, 0.15) is 38.5 Å². The lowest BCUT2D eigenvalue weighted by atomic mass is 9.93. The van der Waals surface area contributed by atoms with Crippen molar-refractivity contribution in [2.45, 2.75) is 38.5 Å². The quantitative estimate of drug-likeness (QED) is 0.0601. The standard InChI is InChI=1S/2C5H12O4.6C3H6O2S/c2*6-1-5(2-7,3-8)4-9;6*4-3(5)1-2-6/h2*6-9H,1-4H2;6*6H,1-2H2,(H,4,5). The summed E-state index contributed by atoms with van der Waals surface area (Å²) < 4.78 is 0.